The smallest absolute Gasteiger partial charge is 0.374 e. The van der Waals surface area contributed by atoms with Gasteiger partial charge in [0.25, 0.3) is 5.60 Å². The lowest BCUT2D eigenvalue weighted by Crippen LogP contribution is -2.58. The molecule has 4 bridgehead atoms. The van der Waals surface area contributed by atoms with E-state index >= 15 is 0 Å². The summed E-state index contributed by atoms with van der Waals surface area (Å²) in [5.74, 6) is -3.33. The summed E-state index contributed by atoms with van der Waals surface area (Å²) in [6.45, 7) is 3.43. The third-order valence-corrected chi connectivity index (χ3v) is 7.94. The van der Waals surface area contributed by atoms with Crippen molar-refractivity contribution in [1.82, 2.24) is 0 Å². The fourth-order valence-electron chi connectivity index (χ4n) is 6.86. The van der Waals surface area contributed by atoms with Crippen LogP contribution in [0.25, 0.3) is 0 Å². The molecule has 4 rings (SSSR count). The van der Waals surface area contributed by atoms with Gasteiger partial charge in [0.2, 0.25) is 0 Å². The molecule has 0 aromatic rings. The summed E-state index contributed by atoms with van der Waals surface area (Å²) in [7, 11) is 0. The SMILES string of the molecule is [2H]C1(C)C2CC(C3C4CC(CC4CC(O)(C(F)(F)F)C(F)(F)F)C32)C1([2H])C. The number of alkyl halides is 6. The molecule has 0 aromatic carbocycles. The lowest BCUT2D eigenvalue weighted by Gasteiger charge is -2.45. The highest BCUT2D eigenvalue weighted by molar-refractivity contribution is 5.14. The van der Waals surface area contributed by atoms with Crippen molar-refractivity contribution >= 4 is 0 Å². The Balaban J connectivity index is 1.61. The van der Waals surface area contributed by atoms with Crippen molar-refractivity contribution in [1.29, 1.82) is 0 Å². The van der Waals surface area contributed by atoms with Crippen LogP contribution in [0.2, 0.25) is 0 Å². The molecule has 25 heavy (non-hydrogen) atoms. The largest absolute Gasteiger partial charge is 0.426 e. The van der Waals surface area contributed by atoms with Gasteiger partial charge in [-0.1, -0.05) is 13.8 Å². The van der Waals surface area contributed by atoms with E-state index in [0.717, 1.165) is 0 Å². The zero-order valence-electron chi connectivity index (χ0n) is 16.1. The number of rotatable bonds is 2. The van der Waals surface area contributed by atoms with E-state index in [9.17, 15) is 31.4 Å². The lowest BCUT2D eigenvalue weighted by atomic mass is 9.61. The number of hydrogen-bond donors (Lipinski definition) is 1. The second kappa shape index (κ2) is 5.08. The molecule has 0 aromatic heterocycles. The number of aliphatic hydroxyl groups is 1. The molecule has 0 aliphatic heterocycles. The Hall–Kier alpha value is -0.460. The van der Waals surface area contributed by atoms with E-state index in [1.807, 2.05) is 0 Å². The van der Waals surface area contributed by atoms with E-state index in [2.05, 4.69) is 0 Å². The van der Waals surface area contributed by atoms with Crippen molar-refractivity contribution in [2.45, 2.75) is 57.5 Å². The second-order valence-electron chi connectivity index (χ2n) is 8.68. The molecule has 0 radical (unpaired) electrons. The highest BCUT2D eigenvalue weighted by Crippen LogP contribution is 2.72. The maximum absolute atomic E-state index is 13.1. The van der Waals surface area contributed by atoms with Crippen molar-refractivity contribution in [2.75, 3.05) is 0 Å². The van der Waals surface area contributed by atoms with Crippen LogP contribution in [-0.2, 0) is 0 Å². The van der Waals surface area contributed by atoms with E-state index in [-0.39, 0.29) is 41.9 Å². The quantitative estimate of drug-likeness (QED) is 0.532. The summed E-state index contributed by atoms with van der Waals surface area (Å²) in [6, 6.07) is 0. The molecule has 4 fully saturated rings. The topological polar surface area (TPSA) is 20.2 Å². The molecule has 4 aliphatic rings. The molecule has 9 atom stereocenters. The normalized spacial score (nSPS) is 56.1. The monoisotopic (exact) mass is 372 g/mol. The molecule has 0 spiro atoms. The van der Waals surface area contributed by atoms with Crippen LogP contribution in [0.4, 0.5) is 26.3 Å². The van der Waals surface area contributed by atoms with E-state index in [4.69, 9.17) is 2.74 Å². The first kappa shape index (κ1) is 15.6. The minimum atomic E-state index is -5.77. The standard InChI is InChI=1S/C18H24F6O/c1-7-8(2)12-5-11(7)14-9-3-10(13(4-9)15(12)14)6-16(25,17(19,20)21)18(22,23)24/h7-15,25H,3-6H2,1-2H3/i7D,8D. The van der Waals surface area contributed by atoms with Crippen molar-refractivity contribution in [3.05, 3.63) is 0 Å². The molecule has 1 nitrogen and oxygen atoms in total. The predicted octanol–water partition coefficient (Wildman–Crippen LogP) is 5.04. The van der Waals surface area contributed by atoms with Crippen LogP contribution in [0.1, 0.15) is 42.3 Å². The maximum Gasteiger partial charge on any atom is 0.426 e. The molecular formula is C18H24F6O. The molecule has 0 amide bonds. The minimum absolute atomic E-state index is 0.00601. The Labute approximate surface area is 146 Å². The average Bonchev–Trinajstić information content (AvgIpc) is 3.15. The van der Waals surface area contributed by atoms with Gasteiger partial charge in [-0.3, -0.25) is 0 Å². The predicted molar refractivity (Wildman–Crippen MR) is 78.3 cm³/mol. The van der Waals surface area contributed by atoms with Crippen LogP contribution in [0, 0.1) is 53.2 Å². The van der Waals surface area contributed by atoms with Gasteiger partial charge >= 0.3 is 12.4 Å². The Morgan fingerprint density at radius 2 is 1.36 bits per heavy atom. The van der Waals surface area contributed by atoms with E-state index in [0.29, 0.717) is 12.8 Å². The minimum Gasteiger partial charge on any atom is -0.374 e. The van der Waals surface area contributed by atoms with Gasteiger partial charge in [0, 0.05) is 2.74 Å². The molecule has 7 heteroatoms. The van der Waals surface area contributed by atoms with Gasteiger partial charge in [-0.25, -0.2) is 0 Å². The van der Waals surface area contributed by atoms with Crippen molar-refractivity contribution < 1.29 is 34.2 Å². The molecular weight excluding hydrogens is 346 g/mol. The molecule has 0 heterocycles. The Morgan fingerprint density at radius 3 is 1.88 bits per heavy atom. The lowest BCUT2D eigenvalue weighted by molar-refractivity contribution is -0.373. The molecule has 0 saturated heterocycles. The van der Waals surface area contributed by atoms with Gasteiger partial charge in [0.1, 0.15) is 0 Å². The molecule has 144 valence electrons. The summed E-state index contributed by atoms with van der Waals surface area (Å²) in [4.78, 5) is 0. The van der Waals surface area contributed by atoms with Crippen LogP contribution < -0.4 is 0 Å². The van der Waals surface area contributed by atoms with Gasteiger partial charge in [-0.05, 0) is 78.9 Å². The molecule has 4 aliphatic carbocycles. The van der Waals surface area contributed by atoms with E-state index < -0.39 is 42.1 Å². The molecule has 1 N–H and O–H groups in total. The van der Waals surface area contributed by atoms with Gasteiger partial charge in [0.15, 0.2) is 0 Å². The van der Waals surface area contributed by atoms with Gasteiger partial charge in [-0.15, -0.1) is 0 Å². The maximum atomic E-state index is 13.1. The number of halogens is 6. The van der Waals surface area contributed by atoms with Crippen LogP contribution in [0.5, 0.6) is 0 Å². The Kier molecular flexibility index (Phi) is 3.16. The fourth-order valence-corrected chi connectivity index (χ4v) is 6.86. The Bertz CT molecular complexity index is 629. The van der Waals surface area contributed by atoms with Crippen LogP contribution in [0.15, 0.2) is 0 Å². The third kappa shape index (κ3) is 2.19. The van der Waals surface area contributed by atoms with Crippen LogP contribution in [-0.4, -0.2) is 23.1 Å². The second-order valence-corrected chi connectivity index (χ2v) is 8.68. The molecule has 4 saturated carbocycles. The fraction of sp³-hybridized carbons (Fsp3) is 1.00. The van der Waals surface area contributed by atoms with Gasteiger partial charge in [-0.2, -0.15) is 26.3 Å². The number of fused-ring (bicyclic) bond motifs is 9. The summed E-state index contributed by atoms with van der Waals surface area (Å²) >= 11 is 0. The first-order chi connectivity index (χ1) is 12.0. The first-order valence-electron chi connectivity index (χ1n) is 9.90. The third-order valence-electron chi connectivity index (χ3n) is 7.94. The number of hydrogen-bond acceptors (Lipinski definition) is 1. The van der Waals surface area contributed by atoms with Gasteiger partial charge < -0.3 is 5.11 Å². The molecule has 9 unspecified atom stereocenters. The van der Waals surface area contributed by atoms with Crippen LogP contribution in [0.3, 0.4) is 0 Å². The van der Waals surface area contributed by atoms with Crippen molar-refractivity contribution in [3.63, 3.8) is 0 Å². The first-order valence-corrected chi connectivity index (χ1v) is 8.90. The van der Waals surface area contributed by atoms with E-state index in [1.165, 1.54) is 0 Å². The highest BCUT2D eigenvalue weighted by Gasteiger charge is 2.73. The Morgan fingerprint density at radius 1 is 0.840 bits per heavy atom. The summed E-state index contributed by atoms with van der Waals surface area (Å²) in [6.07, 6.45) is -11.4. The highest BCUT2D eigenvalue weighted by atomic mass is 19.4. The summed E-state index contributed by atoms with van der Waals surface area (Å²) in [5.41, 5.74) is -4.68. The zero-order chi connectivity index (χ0) is 20.4. The average molecular weight is 372 g/mol. The van der Waals surface area contributed by atoms with Crippen molar-refractivity contribution in [3.8, 4) is 0 Å². The van der Waals surface area contributed by atoms with Crippen LogP contribution >= 0.6 is 0 Å². The zero-order valence-corrected chi connectivity index (χ0v) is 14.1. The van der Waals surface area contributed by atoms with Crippen molar-refractivity contribution in [2.24, 2.45) is 53.2 Å². The van der Waals surface area contributed by atoms with Gasteiger partial charge in [0.05, 0.1) is 0 Å². The summed E-state index contributed by atoms with van der Waals surface area (Å²) in [5, 5.41) is 9.61. The van der Waals surface area contributed by atoms with E-state index in [1.54, 1.807) is 13.8 Å². The summed E-state index contributed by atoms with van der Waals surface area (Å²) < 4.78 is 96.0.